The standard InChI is InChI=1S/C35H48ClN3O10S/c1-19-10-9-11-26(46-8)35(44)18-25(47-33(43)37-35)20(2)31-34(4,49-31)27(48-32(42)21(3)38(5)28(40)12-13-50)17-29(41)39(6)23-15-22(14-19)16-24(45-7)30(23)36/h9-11,15-16,20-21,25-27,31,44,50H,12-14,17-18H2,1-8H3,(H,37,43)/t20?,21?,25?,26?,27?,31?,34-,35-/m0/s1. The maximum absolute atomic E-state index is 14.0. The summed E-state index contributed by atoms with van der Waals surface area (Å²) in [5.41, 5.74) is -0.903. The van der Waals surface area contributed by atoms with Crippen LogP contribution in [-0.2, 0) is 39.8 Å². The first-order valence-corrected chi connectivity index (χ1v) is 17.5. The molecule has 1 aromatic carbocycles. The molecule has 3 aliphatic heterocycles. The van der Waals surface area contributed by atoms with Crippen molar-refractivity contribution in [3.05, 3.63) is 46.5 Å². The third-order valence-corrected chi connectivity index (χ3v) is 10.5. The molecule has 15 heteroatoms. The van der Waals surface area contributed by atoms with E-state index in [9.17, 15) is 24.3 Å². The number of allylic oxidation sites excluding steroid dienone is 3. The maximum Gasteiger partial charge on any atom is 0.409 e. The van der Waals surface area contributed by atoms with E-state index in [2.05, 4.69) is 17.9 Å². The summed E-state index contributed by atoms with van der Waals surface area (Å²) in [4.78, 5) is 55.6. The molecule has 3 heterocycles. The summed E-state index contributed by atoms with van der Waals surface area (Å²) in [6.45, 7) is 6.96. The fourth-order valence-corrected chi connectivity index (χ4v) is 6.99. The first kappa shape index (κ1) is 39.5. The normalized spacial score (nSPS) is 30.7. The number of rotatable bonds is 7. The summed E-state index contributed by atoms with van der Waals surface area (Å²) in [7, 11) is 5.98. The van der Waals surface area contributed by atoms with Crippen LogP contribution in [-0.4, -0.2) is 110 Å². The lowest BCUT2D eigenvalue weighted by Crippen LogP contribution is -2.63. The van der Waals surface area contributed by atoms with E-state index >= 15 is 0 Å². The molecule has 276 valence electrons. The molecule has 13 nitrogen and oxygen atoms in total. The second-order valence-corrected chi connectivity index (χ2v) is 14.2. The number of epoxide rings is 1. The van der Waals surface area contributed by atoms with Gasteiger partial charge in [-0.15, -0.1) is 0 Å². The van der Waals surface area contributed by atoms with Gasteiger partial charge in [0.1, 0.15) is 40.7 Å². The SMILES string of the molecule is COc1cc2cc(c1Cl)N(C)C(=O)CC(OC(=O)C(C)N(C)C(=O)CCS)[C@]1(C)OC1C(C)C1C[C@@](O)(NC(=O)O1)C(OC)C=CC=C(C)C2. The number of nitrogens with one attached hydrogen (secondary N) is 1. The summed E-state index contributed by atoms with van der Waals surface area (Å²) in [6, 6.07) is 2.60. The molecule has 4 rings (SSSR count). The summed E-state index contributed by atoms with van der Waals surface area (Å²) in [5.74, 6) is -1.30. The molecule has 50 heavy (non-hydrogen) atoms. The molecule has 4 bridgehead atoms. The van der Waals surface area contributed by atoms with Crippen molar-refractivity contribution in [3.63, 3.8) is 0 Å². The number of methoxy groups -OCH3 is 2. The molecule has 0 aliphatic carbocycles. The molecule has 2 fully saturated rings. The van der Waals surface area contributed by atoms with E-state index in [1.165, 1.54) is 38.0 Å². The topological polar surface area (TPSA) is 156 Å². The lowest BCUT2D eigenvalue weighted by atomic mass is 9.83. The number of benzene rings is 1. The van der Waals surface area contributed by atoms with Gasteiger partial charge in [-0.25, -0.2) is 9.59 Å². The highest BCUT2D eigenvalue weighted by Crippen LogP contribution is 2.49. The largest absolute Gasteiger partial charge is 0.495 e. The quantitative estimate of drug-likeness (QED) is 0.214. The number of thiol groups is 1. The molecule has 6 unspecified atom stereocenters. The van der Waals surface area contributed by atoms with E-state index in [-0.39, 0.29) is 30.2 Å². The van der Waals surface area contributed by atoms with Crippen LogP contribution in [0.5, 0.6) is 5.75 Å². The number of esters is 1. The van der Waals surface area contributed by atoms with Gasteiger partial charge in [-0.05, 0) is 50.6 Å². The fourth-order valence-electron chi connectivity index (χ4n) is 6.49. The molecule has 8 atom stereocenters. The Kier molecular flexibility index (Phi) is 12.6. The van der Waals surface area contributed by atoms with Gasteiger partial charge in [0, 0.05) is 40.0 Å². The van der Waals surface area contributed by atoms with Crippen LogP contribution in [0.1, 0.15) is 52.5 Å². The number of fused-ring (bicyclic) bond motifs is 5. The molecule has 0 saturated carbocycles. The fraction of sp³-hybridized carbons (Fsp3) is 0.600. The van der Waals surface area contributed by atoms with Crippen molar-refractivity contribution in [2.24, 2.45) is 5.92 Å². The molecule has 1 aromatic rings. The molecular formula is C35H48ClN3O10S. The van der Waals surface area contributed by atoms with Gasteiger partial charge in [-0.3, -0.25) is 14.9 Å². The summed E-state index contributed by atoms with van der Waals surface area (Å²) < 4.78 is 29.0. The average molecular weight is 738 g/mol. The first-order valence-electron chi connectivity index (χ1n) is 16.4. The van der Waals surface area contributed by atoms with E-state index in [1.54, 1.807) is 45.2 Å². The van der Waals surface area contributed by atoms with E-state index in [0.717, 1.165) is 11.1 Å². The van der Waals surface area contributed by atoms with E-state index in [4.69, 9.17) is 35.3 Å². The van der Waals surface area contributed by atoms with Gasteiger partial charge in [0.25, 0.3) is 0 Å². The van der Waals surface area contributed by atoms with Gasteiger partial charge in [0.05, 0.1) is 25.3 Å². The predicted octanol–water partition coefficient (Wildman–Crippen LogP) is 3.83. The van der Waals surface area contributed by atoms with Crippen molar-refractivity contribution < 1.29 is 48.0 Å². The smallest absolute Gasteiger partial charge is 0.409 e. The maximum atomic E-state index is 14.0. The number of hydrogen-bond donors (Lipinski definition) is 3. The minimum atomic E-state index is -1.82. The van der Waals surface area contributed by atoms with Crippen LogP contribution in [0.25, 0.3) is 0 Å². The number of carbonyl (C=O) groups is 4. The molecule has 3 aliphatic rings. The third kappa shape index (κ3) is 8.42. The van der Waals surface area contributed by atoms with Crippen LogP contribution in [0.3, 0.4) is 0 Å². The van der Waals surface area contributed by atoms with E-state index in [1.807, 2.05) is 13.0 Å². The highest BCUT2D eigenvalue weighted by atomic mass is 35.5. The zero-order chi connectivity index (χ0) is 37.1. The summed E-state index contributed by atoms with van der Waals surface area (Å²) in [5, 5.41) is 14.4. The minimum absolute atomic E-state index is 0.0489. The first-order chi connectivity index (χ1) is 23.5. The number of anilines is 1. The van der Waals surface area contributed by atoms with Crippen molar-refractivity contribution in [1.82, 2.24) is 10.2 Å². The summed E-state index contributed by atoms with van der Waals surface area (Å²) >= 11 is 10.8. The molecule has 0 radical (unpaired) electrons. The third-order valence-electron chi connectivity index (χ3n) is 9.85. The van der Waals surface area contributed by atoms with E-state index in [0.29, 0.717) is 23.6 Å². The number of aliphatic hydroxyl groups is 1. The Labute approximate surface area is 303 Å². The summed E-state index contributed by atoms with van der Waals surface area (Å²) in [6.07, 6.45) is 1.08. The van der Waals surface area contributed by atoms with Crippen LogP contribution in [0, 0.1) is 5.92 Å². The monoisotopic (exact) mass is 737 g/mol. The number of hydrogen-bond acceptors (Lipinski definition) is 11. The second-order valence-electron chi connectivity index (χ2n) is 13.4. The molecule has 0 spiro atoms. The molecular weight excluding hydrogens is 690 g/mol. The van der Waals surface area contributed by atoms with Gasteiger partial charge in [-0.1, -0.05) is 42.3 Å². The van der Waals surface area contributed by atoms with Gasteiger partial charge in [0.2, 0.25) is 11.8 Å². The Morgan fingerprint density at radius 1 is 1.28 bits per heavy atom. The number of ether oxygens (including phenoxy) is 5. The number of alkyl carbamates (subject to hydrolysis) is 1. The highest BCUT2D eigenvalue weighted by Gasteiger charge is 2.64. The lowest BCUT2D eigenvalue weighted by molar-refractivity contribution is -0.161. The Bertz CT molecular complexity index is 1540. The molecule has 0 aromatic heterocycles. The van der Waals surface area contributed by atoms with Crippen LogP contribution in [0.15, 0.2) is 35.9 Å². The predicted molar refractivity (Wildman–Crippen MR) is 189 cm³/mol. The van der Waals surface area contributed by atoms with Crippen LogP contribution in [0.2, 0.25) is 5.02 Å². The number of halogens is 1. The molecule has 3 amide bonds. The minimum Gasteiger partial charge on any atom is -0.495 e. The van der Waals surface area contributed by atoms with Gasteiger partial charge in [0.15, 0.2) is 5.72 Å². The van der Waals surface area contributed by atoms with Crippen molar-refractivity contribution in [3.8, 4) is 5.75 Å². The number of likely N-dealkylation sites (N-methyl/N-ethyl adjacent to an activating group) is 1. The Morgan fingerprint density at radius 2 is 1.98 bits per heavy atom. The lowest BCUT2D eigenvalue weighted by Gasteiger charge is -2.42. The van der Waals surface area contributed by atoms with Crippen LogP contribution < -0.4 is 15.0 Å². The Hall–Kier alpha value is -3.30. The van der Waals surface area contributed by atoms with Crippen LogP contribution in [0.4, 0.5) is 10.5 Å². The number of amides is 3. The number of carbonyl (C=O) groups excluding carboxylic acids is 4. The highest BCUT2D eigenvalue weighted by molar-refractivity contribution is 7.80. The Morgan fingerprint density at radius 3 is 2.62 bits per heavy atom. The van der Waals surface area contributed by atoms with Gasteiger partial charge in [-0.2, -0.15) is 12.6 Å². The van der Waals surface area contributed by atoms with Crippen LogP contribution >= 0.6 is 24.2 Å². The van der Waals surface area contributed by atoms with Gasteiger partial charge < -0.3 is 38.6 Å². The Balaban J connectivity index is 1.78. The molecule has 2 saturated heterocycles. The van der Waals surface area contributed by atoms with Crippen molar-refractivity contribution in [1.29, 1.82) is 0 Å². The second kappa shape index (κ2) is 15.9. The van der Waals surface area contributed by atoms with Gasteiger partial charge >= 0.3 is 12.1 Å². The van der Waals surface area contributed by atoms with Crippen molar-refractivity contribution in [2.75, 3.05) is 39.0 Å². The van der Waals surface area contributed by atoms with Crippen molar-refractivity contribution in [2.45, 2.75) is 95.2 Å². The zero-order valence-corrected chi connectivity index (χ0v) is 31.4. The van der Waals surface area contributed by atoms with Crippen molar-refractivity contribution >= 4 is 53.8 Å². The average Bonchev–Trinajstić information content (AvgIpc) is 3.76. The number of nitrogens with zero attached hydrogens (tertiary/aromatic N) is 2. The zero-order valence-electron chi connectivity index (χ0n) is 29.7. The van der Waals surface area contributed by atoms with E-state index < -0.39 is 65.7 Å². The molecule has 2 N–H and O–H groups in total.